The highest BCUT2D eigenvalue weighted by molar-refractivity contribution is 6.47. The second-order valence-corrected chi connectivity index (χ2v) is 9.35. The van der Waals surface area contributed by atoms with E-state index in [1.165, 1.54) is 17.9 Å². The van der Waals surface area contributed by atoms with Crippen LogP contribution in [0.2, 0.25) is 0 Å². The lowest BCUT2D eigenvalue weighted by Gasteiger charge is -2.37. The fraction of sp³-hybridized carbons (Fsp3) is 0.333. The van der Waals surface area contributed by atoms with Crippen LogP contribution in [0.25, 0.3) is 0 Å². The molecule has 1 aromatic heterocycles. The van der Waals surface area contributed by atoms with Gasteiger partial charge in [-0.1, -0.05) is 6.07 Å². The number of nitrogens with one attached hydrogen (secondary N) is 2. The molecule has 17 heteroatoms. The number of carboxylic acid groups (broad SMARTS) is 1. The van der Waals surface area contributed by atoms with Gasteiger partial charge in [-0.15, -0.1) is 0 Å². The number of aromatic hydroxyl groups is 1. The van der Waals surface area contributed by atoms with Gasteiger partial charge in [-0.05, 0) is 31.9 Å². The van der Waals surface area contributed by atoms with E-state index < -0.39 is 89.3 Å². The number of piperazine rings is 1. The molecule has 0 saturated carbocycles. The molecule has 5 amide bonds. The predicted molar refractivity (Wildman–Crippen MR) is 133 cm³/mol. The molecule has 1 saturated heterocycles. The van der Waals surface area contributed by atoms with Gasteiger partial charge in [-0.2, -0.15) is 0 Å². The van der Waals surface area contributed by atoms with Gasteiger partial charge in [-0.3, -0.25) is 24.3 Å². The topological polar surface area (TPSA) is 199 Å². The molecule has 216 valence electrons. The number of benzene rings is 1. The highest BCUT2D eigenvalue weighted by atomic mass is 19.1. The summed E-state index contributed by atoms with van der Waals surface area (Å²) in [6, 6.07) is -1.27. The highest BCUT2D eigenvalue weighted by Crippen LogP contribution is 2.32. The summed E-state index contributed by atoms with van der Waals surface area (Å²) in [4.78, 5) is 68.5. The summed E-state index contributed by atoms with van der Waals surface area (Å²) in [6.45, 7) is 3.37. The Bertz CT molecular complexity index is 1440. The largest absolute Gasteiger partial charge is 0.547 e. The quantitative estimate of drug-likeness (QED) is 0.226. The van der Waals surface area contributed by atoms with Crippen LogP contribution in [-0.2, 0) is 20.8 Å². The molecule has 41 heavy (non-hydrogen) atoms. The highest BCUT2D eigenvalue weighted by Gasteiger charge is 2.43. The second kappa shape index (κ2) is 11.4. The number of hydrogen-bond acceptors (Lipinski definition) is 9. The number of hydrogen-bond donors (Lipinski definition) is 5. The summed E-state index contributed by atoms with van der Waals surface area (Å²) in [7, 11) is -1.89. The van der Waals surface area contributed by atoms with Crippen molar-refractivity contribution >= 4 is 36.8 Å². The molecule has 0 bridgehead atoms. The molecule has 4 rings (SSSR count). The predicted octanol–water partition coefficient (Wildman–Crippen LogP) is -0.267. The molecule has 0 spiro atoms. The molecule has 0 aliphatic carbocycles. The fourth-order valence-electron chi connectivity index (χ4n) is 4.61. The van der Waals surface area contributed by atoms with E-state index in [1.54, 1.807) is 6.92 Å². The van der Waals surface area contributed by atoms with E-state index in [1.807, 2.05) is 0 Å². The number of halogens is 2. The summed E-state index contributed by atoms with van der Waals surface area (Å²) in [5.41, 5.74) is -1.36. The number of aromatic carboxylic acids is 1. The first-order valence-corrected chi connectivity index (χ1v) is 12.3. The van der Waals surface area contributed by atoms with Gasteiger partial charge in [0.15, 0.2) is 11.9 Å². The Morgan fingerprint density at radius 3 is 2.56 bits per heavy atom. The Balaban J connectivity index is 1.61. The molecule has 0 radical (unpaired) electrons. The number of amides is 5. The van der Waals surface area contributed by atoms with Gasteiger partial charge in [-0.25, -0.2) is 18.4 Å². The maximum Gasteiger partial charge on any atom is 0.547 e. The summed E-state index contributed by atoms with van der Waals surface area (Å²) in [5.74, 6) is -9.54. The lowest BCUT2D eigenvalue weighted by Crippen LogP contribution is -2.63. The average Bonchev–Trinajstić information content (AvgIpc) is 2.90. The van der Waals surface area contributed by atoms with E-state index in [9.17, 15) is 48.0 Å². The smallest absolute Gasteiger partial charge is 0.534 e. The molecular formula is C24H24BF2N5O9. The normalized spacial score (nSPS) is 19.3. The monoisotopic (exact) mass is 575 g/mol. The third-order valence-corrected chi connectivity index (χ3v) is 6.63. The van der Waals surface area contributed by atoms with Crippen LogP contribution in [0.5, 0.6) is 11.5 Å². The van der Waals surface area contributed by atoms with E-state index in [4.69, 9.17) is 4.65 Å². The molecule has 3 atom stereocenters. The van der Waals surface area contributed by atoms with Crippen molar-refractivity contribution in [3.63, 3.8) is 0 Å². The first-order chi connectivity index (χ1) is 19.3. The van der Waals surface area contributed by atoms with Gasteiger partial charge < -0.3 is 35.4 Å². The van der Waals surface area contributed by atoms with E-state index >= 15 is 0 Å². The minimum atomic E-state index is -1.95. The standard InChI is InChI=1S/C24H24BF2N5O9/c1-3-31-9-10(2)32(22(36)21(31)35)24(39)30-18(17-14(27)7-12(33)8-28-17)20(34)29-15-6-11-4-5-13(26)16(23(37)38)19(11)41-25(15)40/h4-5,7-8,10,15,18,33,40H,3,6,9H2,1-2H3,(H,29,34)(H,30,39)(H,37,38)/t10?,15-,18?/m0/s1. The third-order valence-electron chi connectivity index (χ3n) is 6.63. The average molecular weight is 575 g/mol. The molecule has 2 aliphatic rings. The van der Waals surface area contributed by atoms with Crippen molar-refractivity contribution in [2.24, 2.45) is 0 Å². The number of aromatic nitrogens is 1. The zero-order chi connectivity index (χ0) is 30.2. The van der Waals surface area contributed by atoms with Crippen molar-refractivity contribution in [2.45, 2.75) is 38.3 Å². The Labute approximate surface area is 231 Å². The van der Waals surface area contributed by atoms with E-state index in [0.717, 1.165) is 12.3 Å². The first-order valence-electron chi connectivity index (χ1n) is 12.3. The summed E-state index contributed by atoms with van der Waals surface area (Å²) < 4.78 is 34.1. The number of likely N-dealkylation sites (N-methyl/N-ethyl adjacent to an activating group) is 1. The maximum atomic E-state index is 14.8. The molecule has 1 fully saturated rings. The van der Waals surface area contributed by atoms with Gasteiger partial charge in [0.2, 0.25) is 5.91 Å². The van der Waals surface area contributed by atoms with Crippen LogP contribution in [0, 0.1) is 11.6 Å². The zero-order valence-electron chi connectivity index (χ0n) is 21.6. The number of rotatable bonds is 6. The summed E-state index contributed by atoms with van der Waals surface area (Å²) in [6.07, 6.45) is 0.552. The Morgan fingerprint density at radius 1 is 1.22 bits per heavy atom. The SMILES string of the molecule is CCN1CC(C)N(C(=O)NC(C(=O)N[C@H]2Cc3ccc(F)c(C(=O)O)c3OB2O)c2ncc(O)cc2F)C(=O)C1=O. The molecule has 2 aliphatic heterocycles. The van der Waals surface area contributed by atoms with Crippen molar-refractivity contribution in [3.05, 3.63) is 52.9 Å². The van der Waals surface area contributed by atoms with Crippen LogP contribution in [0.1, 0.15) is 41.5 Å². The molecule has 5 N–H and O–H groups in total. The number of nitrogens with zero attached hydrogens (tertiary/aromatic N) is 3. The molecule has 2 unspecified atom stereocenters. The molecular weight excluding hydrogens is 551 g/mol. The number of pyridine rings is 1. The van der Waals surface area contributed by atoms with Gasteiger partial charge in [0, 0.05) is 19.2 Å². The summed E-state index contributed by atoms with van der Waals surface area (Å²) in [5, 5.41) is 33.9. The minimum Gasteiger partial charge on any atom is -0.534 e. The minimum absolute atomic E-state index is 0.0150. The van der Waals surface area contributed by atoms with E-state index in [0.29, 0.717) is 11.0 Å². The molecule has 14 nitrogen and oxygen atoms in total. The fourth-order valence-corrected chi connectivity index (χ4v) is 4.61. The number of fused-ring (bicyclic) bond motifs is 1. The van der Waals surface area contributed by atoms with Crippen molar-refractivity contribution in [1.82, 2.24) is 25.4 Å². The Morgan fingerprint density at radius 2 is 1.93 bits per heavy atom. The number of carboxylic acids is 1. The van der Waals surface area contributed by atoms with Crippen LogP contribution in [0.3, 0.4) is 0 Å². The van der Waals surface area contributed by atoms with Crippen molar-refractivity contribution < 1.29 is 52.6 Å². The van der Waals surface area contributed by atoms with Gasteiger partial charge >= 0.3 is 30.9 Å². The van der Waals surface area contributed by atoms with Crippen molar-refractivity contribution in [2.75, 3.05) is 13.1 Å². The Kier molecular flexibility index (Phi) is 8.09. The van der Waals surface area contributed by atoms with Gasteiger partial charge in [0.1, 0.15) is 28.6 Å². The number of urea groups is 1. The lowest BCUT2D eigenvalue weighted by atomic mass is 9.72. The number of imide groups is 1. The van der Waals surface area contributed by atoms with Crippen LogP contribution in [-0.4, -0.2) is 91.9 Å². The van der Waals surface area contributed by atoms with Crippen LogP contribution < -0.4 is 15.3 Å². The maximum absolute atomic E-state index is 14.8. The van der Waals surface area contributed by atoms with Crippen LogP contribution >= 0.6 is 0 Å². The Hall–Kier alpha value is -4.80. The third kappa shape index (κ3) is 5.61. The van der Waals surface area contributed by atoms with Crippen molar-refractivity contribution in [1.29, 1.82) is 0 Å². The number of carbonyl (C=O) groups is 5. The van der Waals surface area contributed by atoms with Crippen LogP contribution in [0.15, 0.2) is 24.4 Å². The lowest BCUT2D eigenvalue weighted by molar-refractivity contribution is -0.155. The molecule has 1 aromatic carbocycles. The second-order valence-electron chi connectivity index (χ2n) is 9.35. The van der Waals surface area contributed by atoms with Gasteiger partial charge in [0.05, 0.1) is 18.2 Å². The van der Waals surface area contributed by atoms with E-state index in [2.05, 4.69) is 15.6 Å². The van der Waals surface area contributed by atoms with Gasteiger partial charge in [0.25, 0.3) is 0 Å². The van der Waals surface area contributed by atoms with Crippen LogP contribution in [0.4, 0.5) is 13.6 Å². The first kappa shape index (κ1) is 29.2. The van der Waals surface area contributed by atoms with E-state index in [-0.39, 0.29) is 25.1 Å². The number of carbonyl (C=O) groups excluding carboxylic acids is 4. The zero-order valence-corrected chi connectivity index (χ0v) is 21.6. The summed E-state index contributed by atoms with van der Waals surface area (Å²) >= 11 is 0. The molecule has 3 heterocycles. The molecule has 2 aromatic rings. The van der Waals surface area contributed by atoms with Crippen molar-refractivity contribution in [3.8, 4) is 11.5 Å².